The maximum atomic E-state index is 10.1. The summed E-state index contributed by atoms with van der Waals surface area (Å²) >= 11 is 3.37. The van der Waals surface area contributed by atoms with Gasteiger partial charge >= 0.3 is 0 Å². The Kier molecular flexibility index (Phi) is 3.66. The van der Waals surface area contributed by atoms with Crippen molar-refractivity contribution in [3.05, 3.63) is 16.4 Å². The molecule has 0 aromatic carbocycles. The molecule has 90 valence electrons. The molecule has 1 aromatic rings. The molecule has 1 aromatic heterocycles. The van der Waals surface area contributed by atoms with Crippen LogP contribution in [0.15, 0.2) is 10.7 Å². The fourth-order valence-electron chi connectivity index (χ4n) is 1.91. The van der Waals surface area contributed by atoms with Crippen molar-refractivity contribution in [2.45, 2.75) is 44.9 Å². The first kappa shape index (κ1) is 12.1. The Hall–Kier alpha value is -0.390. The number of hydrogen-bond acceptors (Lipinski definition) is 3. The van der Waals surface area contributed by atoms with Gasteiger partial charge in [-0.2, -0.15) is 5.10 Å². The first-order valence-electron chi connectivity index (χ1n) is 5.72. The minimum absolute atomic E-state index is 0.256. The summed E-state index contributed by atoms with van der Waals surface area (Å²) in [7, 11) is 0. The van der Waals surface area contributed by atoms with E-state index in [4.69, 9.17) is 0 Å². The second kappa shape index (κ2) is 4.85. The quantitative estimate of drug-likeness (QED) is 0.870. The molecule has 1 aliphatic carbocycles. The molecule has 2 atom stereocenters. The average molecular weight is 289 g/mol. The highest BCUT2D eigenvalue weighted by atomic mass is 79.9. The number of halogens is 1. The molecule has 1 fully saturated rings. The van der Waals surface area contributed by atoms with Crippen LogP contribution in [-0.4, -0.2) is 26.1 Å². The van der Waals surface area contributed by atoms with Crippen molar-refractivity contribution < 1.29 is 10.2 Å². The van der Waals surface area contributed by atoms with E-state index in [-0.39, 0.29) is 5.92 Å². The Balaban J connectivity index is 2.19. The molecule has 1 heterocycles. The molecule has 0 radical (unpaired) electrons. The van der Waals surface area contributed by atoms with Gasteiger partial charge in [0, 0.05) is 6.54 Å². The summed E-state index contributed by atoms with van der Waals surface area (Å²) in [6.45, 7) is 2.82. The summed E-state index contributed by atoms with van der Waals surface area (Å²) in [5.41, 5.74) is 0.696. The predicted molar refractivity (Wildman–Crippen MR) is 63.9 cm³/mol. The van der Waals surface area contributed by atoms with Gasteiger partial charge in [-0.3, -0.25) is 4.68 Å². The van der Waals surface area contributed by atoms with Crippen LogP contribution in [0, 0.1) is 5.92 Å². The third-order valence-electron chi connectivity index (χ3n) is 2.98. The van der Waals surface area contributed by atoms with Crippen LogP contribution < -0.4 is 0 Å². The summed E-state index contributed by atoms with van der Waals surface area (Å²) in [6.07, 6.45) is 3.15. The molecule has 1 aliphatic rings. The zero-order chi connectivity index (χ0) is 11.7. The standard InChI is InChI=1S/C11H17BrN2O2/c1-2-5-14-9(8(12)6-13-14)11(16)10(15)7-3-4-7/h6-7,10-11,15-16H,2-5H2,1H3. The Bertz CT molecular complexity index is 363. The van der Waals surface area contributed by atoms with Crippen molar-refractivity contribution in [2.24, 2.45) is 5.92 Å². The second-order valence-electron chi connectivity index (χ2n) is 4.37. The van der Waals surface area contributed by atoms with Gasteiger partial charge in [0.25, 0.3) is 0 Å². The van der Waals surface area contributed by atoms with Crippen molar-refractivity contribution in [3.8, 4) is 0 Å². The van der Waals surface area contributed by atoms with Crippen molar-refractivity contribution in [1.29, 1.82) is 0 Å². The van der Waals surface area contributed by atoms with Crippen LogP contribution in [0.4, 0.5) is 0 Å². The Morgan fingerprint density at radius 3 is 2.81 bits per heavy atom. The van der Waals surface area contributed by atoms with Gasteiger partial charge in [-0.25, -0.2) is 0 Å². The van der Waals surface area contributed by atoms with E-state index in [1.165, 1.54) is 0 Å². The highest BCUT2D eigenvalue weighted by molar-refractivity contribution is 9.10. The number of hydrogen-bond donors (Lipinski definition) is 2. The number of aliphatic hydroxyl groups excluding tert-OH is 2. The monoisotopic (exact) mass is 288 g/mol. The number of aryl methyl sites for hydroxylation is 1. The Morgan fingerprint density at radius 2 is 2.25 bits per heavy atom. The molecule has 5 heteroatoms. The van der Waals surface area contributed by atoms with E-state index in [9.17, 15) is 10.2 Å². The molecule has 0 amide bonds. The lowest BCUT2D eigenvalue weighted by molar-refractivity contribution is -0.000637. The van der Waals surface area contributed by atoms with Crippen LogP contribution in [0.1, 0.15) is 38.0 Å². The van der Waals surface area contributed by atoms with Gasteiger partial charge in [0.05, 0.1) is 22.5 Å². The maximum Gasteiger partial charge on any atom is 0.123 e. The van der Waals surface area contributed by atoms with Crippen LogP contribution in [0.3, 0.4) is 0 Å². The second-order valence-corrected chi connectivity index (χ2v) is 5.23. The Morgan fingerprint density at radius 1 is 1.56 bits per heavy atom. The summed E-state index contributed by atoms with van der Waals surface area (Å²) in [5.74, 6) is 0.256. The summed E-state index contributed by atoms with van der Waals surface area (Å²) in [6, 6.07) is 0. The van der Waals surface area contributed by atoms with Crippen molar-refractivity contribution in [3.63, 3.8) is 0 Å². The fourth-order valence-corrected chi connectivity index (χ4v) is 2.44. The SMILES string of the molecule is CCCn1ncc(Br)c1C(O)C(O)C1CC1. The van der Waals surface area contributed by atoms with Gasteiger partial charge in [0.2, 0.25) is 0 Å². The zero-order valence-electron chi connectivity index (χ0n) is 9.30. The van der Waals surface area contributed by atoms with E-state index in [0.29, 0.717) is 5.69 Å². The molecule has 16 heavy (non-hydrogen) atoms. The maximum absolute atomic E-state index is 10.1. The summed E-state index contributed by atoms with van der Waals surface area (Å²) in [5, 5.41) is 24.3. The minimum atomic E-state index is -0.837. The normalized spacial score (nSPS) is 19.8. The van der Waals surface area contributed by atoms with Gasteiger partial charge in [-0.05, 0) is 41.1 Å². The Labute approximate surface area is 103 Å². The number of aromatic nitrogens is 2. The van der Waals surface area contributed by atoms with Gasteiger partial charge in [-0.15, -0.1) is 0 Å². The highest BCUT2D eigenvalue weighted by Gasteiger charge is 2.37. The van der Waals surface area contributed by atoms with E-state index in [0.717, 1.165) is 30.3 Å². The molecule has 0 saturated heterocycles. The van der Waals surface area contributed by atoms with Crippen LogP contribution in [0.25, 0.3) is 0 Å². The number of aliphatic hydroxyl groups is 2. The van der Waals surface area contributed by atoms with Crippen LogP contribution in [0.5, 0.6) is 0 Å². The summed E-state index contributed by atoms with van der Waals surface area (Å²) < 4.78 is 2.54. The van der Waals surface area contributed by atoms with E-state index >= 15 is 0 Å². The highest BCUT2D eigenvalue weighted by Crippen LogP contribution is 2.39. The van der Waals surface area contributed by atoms with Crippen molar-refractivity contribution >= 4 is 15.9 Å². The molecule has 1 saturated carbocycles. The fraction of sp³-hybridized carbons (Fsp3) is 0.727. The lowest BCUT2D eigenvalue weighted by atomic mass is 10.1. The molecule has 0 aliphatic heterocycles. The smallest absolute Gasteiger partial charge is 0.123 e. The van der Waals surface area contributed by atoms with Crippen LogP contribution >= 0.6 is 15.9 Å². The van der Waals surface area contributed by atoms with E-state index < -0.39 is 12.2 Å². The van der Waals surface area contributed by atoms with E-state index in [1.54, 1.807) is 10.9 Å². The molecule has 0 bridgehead atoms. The molecule has 0 spiro atoms. The minimum Gasteiger partial charge on any atom is -0.390 e. The van der Waals surface area contributed by atoms with E-state index in [1.807, 2.05) is 0 Å². The summed E-state index contributed by atoms with van der Waals surface area (Å²) in [4.78, 5) is 0. The average Bonchev–Trinajstić information content (AvgIpc) is 3.04. The first-order chi connectivity index (χ1) is 7.65. The zero-order valence-corrected chi connectivity index (χ0v) is 10.9. The number of rotatable bonds is 5. The van der Waals surface area contributed by atoms with Crippen LogP contribution in [0.2, 0.25) is 0 Å². The van der Waals surface area contributed by atoms with Crippen LogP contribution in [-0.2, 0) is 6.54 Å². The third-order valence-corrected chi connectivity index (χ3v) is 3.59. The van der Waals surface area contributed by atoms with E-state index in [2.05, 4.69) is 28.0 Å². The molecule has 2 rings (SSSR count). The van der Waals surface area contributed by atoms with Gasteiger partial charge in [-0.1, -0.05) is 6.92 Å². The third kappa shape index (κ3) is 2.31. The largest absolute Gasteiger partial charge is 0.390 e. The van der Waals surface area contributed by atoms with Crippen molar-refractivity contribution in [2.75, 3.05) is 0 Å². The predicted octanol–water partition coefficient (Wildman–Crippen LogP) is 1.86. The lowest BCUT2D eigenvalue weighted by Crippen LogP contribution is -2.23. The van der Waals surface area contributed by atoms with Gasteiger partial charge in [0.15, 0.2) is 0 Å². The lowest BCUT2D eigenvalue weighted by Gasteiger charge is -2.19. The van der Waals surface area contributed by atoms with Crippen molar-refractivity contribution in [1.82, 2.24) is 9.78 Å². The topological polar surface area (TPSA) is 58.3 Å². The van der Waals surface area contributed by atoms with Gasteiger partial charge in [0.1, 0.15) is 6.10 Å². The van der Waals surface area contributed by atoms with Gasteiger partial charge < -0.3 is 10.2 Å². The molecular formula is C11H17BrN2O2. The molecule has 2 N–H and O–H groups in total. The first-order valence-corrected chi connectivity index (χ1v) is 6.51. The molecule has 2 unspecified atom stereocenters. The molecule has 4 nitrogen and oxygen atoms in total. The number of nitrogens with zero attached hydrogens (tertiary/aromatic N) is 2. The molecular weight excluding hydrogens is 272 g/mol.